The topological polar surface area (TPSA) is 241 Å². The highest BCUT2D eigenvalue weighted by Crippen LogP contribution is 2.39. The van der Waals surface area contributed by atoms with Crippen molar-refractivity contribution < 1.29 is 32.4 Å². The second-order valence-electron chi connectivity index (χ2n) is 35.4. The summed E-state index contributed by atoms with van der Waals surface area (Å²) < 4.78 is 30.5. The van der Waals surface area contributed by atoms with Crippen molar-refractivity contribution in [2.45, 2.75) is 271 Å². The summed E-state index contributed by atoms with van der Waals surface area (Å²) in [5.41, 5.74) is 5.11. The molecule has 5 aliphatic rings. The first-order valence-corrected chi connectivity index (χ1v) is 38.5. The SMILES string of the molecule is C=C1CC(C(C)(C)C)=NS1.C=C1CC(C(C)(C)C)=NS1.C=C1CN(C(C)(C)C)C(=O)N1.C=C1NC(=O)C(C(C)(C)C)O1.C=C1NC(=O)C(C(C)(C)C)S1.CC(C)(C)c1nc2ccccc2s1.CC(C)(C)c1ncco1.CC(C)(C)c1ncco1.CC(C)(C)c1nccs1.Cc1nnc(C(C)(C)C)o1. The molecule has 2 unspecified atom stereocenters. The minimum absolute atomic E-state index is 0.0220. The van der Waals surface area contributed by atoms with Crippen LogP contribution in [0.4, 0.5) is 4.79 Å². The largest absolute Gasteiger partial charge is 0.466 e. The molecule has 5 aliphatic heterocycles. The molecule has 11 rings (SSSR count). The minimum Gasteiger partial charge on any atom is -0.466 e. The van der Waals surface area contributed by atoms with E-state index in [0.717, 1.165) is 40.9 Å². The number of ether oxygens (including phenoxy) is 1. The van der Waals surface area contributed by atoms with E-state index in [0.29, 0.717) is 24.2 Å². The van der Waals surface area contributed by atoms with Gasteiger partial charge in [-0.15, -0.1) is 32.9 Å². The summed E-state index contributed by atoms with van der Waals surface area (Å²) in [7, 11) is 0. The molecule has 6 aromatic rings. The number of nitrogens with zero attached hydrogens (tertiary/aromatic N) is 9. The number of carbonyl (C=O) groups is 3. The number of benzene rings is 1. The highest BCUT2D eigenvalue weighted by Gasteiger charge is 2.39. The van der Waals surface area contributed by atoms with Gasteiger partial charge in [0.2, 0.25) is 17.7 Å². The van der Waals surface area contributed by atoms with Gasteiger partial charge in [0.25, 0.3) is 5.91 Å². The average molecular weight is 1510 g/mol. The van der Waals surface area contributed by atoms with Crippen LogP contribution in [0.15, 0.2) is 142 Å². The van der Waals surface area contributed by atoms with Crippen LogP contribution in [0.1, 0.15) is 254 Å². The molecule has 5 aromatic heterocycles. The number of fused-ring (bicyclic) bond motifs is 1. The Morgan fingerprint density at radius 2 is 1.00 bits per heavy atom. The smallest absolute Gasteiger partial charge is 0.322 e. The van der Waals surface area contributed by atoms with Gasteiger partial charge in [-0.05, 0) is 44.9 Å². The molecule has 572 valence electrons. The normalized spacial score (nSPS) is 17.0. The molecule has 0 aliphatic carbocycles. The Kier molecular flexibility index (Phi) is 34.2. The second-order valence-corrected chi connectivity index (χ2v) is 40.4. The Balaban J connectivity index is 0.000000390. The molecule has 3 saturated heterocycles. The van der Waals surface area contributed by atoms with E-state index in [1.54, 1.807) is 59.4 Å². The predicted octanol–water partition coefficient (Wildman–Crippen LogP) is 21.8. The molecule has 19 nitrogen and oxygen atoms in total. The fraction of sp³-hybridized carbons (Fsp3) is 0.582. The summed E-state index contributed by atoms with van der Waals surface area (Å²) in [6.45, 7) is 83.9. The van der Waals surface area contributed by atoms with E-state index in [4.69, 9.17) is 18.0 Å². The number of urea groups is 1. The number of rotatable bonds is 0. The van der Waals surface area contributed by atoms with Gasteiger partial charge in [0.15, 0.2) is 23.8 Å². The van der Waals surface area contributed by atoms with Gasteiger partial charge in [0.05, 0.1) is 49.4 Å². The van der Waals surface area contributed by atoms with Crippen LogP contribution in [0.25, 0.3) is 10.2 Å². The molecule has 4 amide bonds. The monoisotopic (exact) mass is 1510 g/mol. The third-order valence-electron chi connectivity index (χ3n) is 14.1. The van der Waals surface area contributed by atoms with Gasteiger partial charge in [-0.2, -0.15) is 0 Å². The highest BCUT2D eigenvalue weighted by molar-refractivity contribution is 8.04. The molecule has 0 bridgehead atoms. The summed E-state index contributed by atoms with van der Waals surface area (Å²) in [6, 6.07) is 8.26. The van der Waals surface area contributed by atoms with Gasteiger partial charge >= 0.3 is 6.03 Å². The highest BCUT2D eigenvalue weighted by atomic mass is 32.2. The molecule has 0 spiro atoms. The summed E-state index contributed by atoms with van der Waals surface area (Å²) >= 11 is 8.09. The number of carbonyl (C=O) groups excluding carboxylic acids is 3. The van der Waals surface area contributed by atoms with E-state index in [9.17, 15) is 14.4 Å². The van der Waals surface area contributed by atoms with Crippen LogP contribution in [0.2, 0.25) is 0 Å². The Morgan fingerprint density at radius 3 is 1.21 bits per heavy atom. The molecule has 1 aromatic carbocycles. The number of aryl methyl sites for hydroxylation is 1. The number of oxazole rings is 2. The number of para-hydroxylation sites is 1. The summed E-state index contributed by atoms with van der Waals surface area (Å²) in [5.74, 6) is 3.27. The zero-order valence-electron chi connectivity index (χ0n) is 68.0. The first kappa shape index (κ1) is 92.5. The number of hydrogen-bond acceptors (Lipinski definition) is 20. The van der Waals surface area contributed by atoms with Crippen LogP contribution < -0.4 is 16.0 Å². The van der Waals surface area contributed by atoms with Gasteiger partial charge in [-0.25, -0.2) is 33.5 Å². The maximum Gasteiger partial charge on any atom is 0.322 e. The quantitative estimate of drug-likeness (QED) is 0.120. The Hall–Kier alpha value is -6.60. The van der Waals surface area contributed by atoms with Crippen LogP contribution in [-0.4, -0.2) is 87.7 Å². The van der Waals surface area contributed by atoms with Crippen LogP contribution in [-0.2, 0) is 41.4 Å². The van der Waals surface area contributed by atoms with E-state index in [-0.39, 0.29) is 77.4 Å². The van der Waals surface area contributed by atoms with Crippen LogP contribution in [0.5, 0.6) is 0 Å². The van der Waals surface area contributed by atoms with E-state index >= 15 is 0 Å². The van der Waals surface area contributed by atoms with Gasteiger partial charge in [0, 0.05) is 131 Å². The van der Waals surface area contributed by atoms with Crippen molar-refractivity contribution in [1.29, 1.82) is 0 Å². The van der Waals surface area contributed by atoms with Crippen molar-refractivity contribution in [2.24, 2.45) is 30.5 Å². The Morgan fingerprint density at radius 1 is 0.524 bits per heavy atom. The van der Waals surface area contributed by atoms with E-state index in [1.165, 1.54) is 71.6 Å². The number of allylic oxidation sites excluding steroid dienone is 2. The lowest BCUT2D eigenvalue weighted by Crippen LogP contribution is -2.43. The van der Waals surface area contributed by atoms with Crippen molar-refractivity contribution in [2.75, 3.05) is 6.54 Å². The fourth-order valence-electron chi connectivity index (χ4n) is 8.18. The number of aromatic nitrogens is 6. The van der Waals surface area contributed by atoms with Crippen molar-refractivity contribution in [1.82, 2.24) is 51.0 Å². The summed E-state index contributed by atoms with van der Waals surface area (Å²) in [4.78, 5) is 54.5. The van der Waals surface area contributed by atoms with Crippen LogP contribution in [0, 0.1) is 28.6 Å². The van der Waals surface area contributed by atoms with Gasteiger partial charge in [-0.1, -0.05) is 237 Å². The standard InChI is InChI=1S/C11H13NS.C8H14N2O.C8H13NO2.C8H13NOS.2C8H13NS.C7H12N2O.2C7H11NO.C7H11NS/c1-11(2,3)10-12-8-6-4-5-7-9(8)13-10;1-6-5-10(7(11)9-6)8(2,3)4;2*1-5-9-7(10)6(11-5)8(2,3)4;2*1-6-5-7(9-10-6)8(2,3)4;1-5-8-9-6(10-5)7(2,3)4;3*1-7(2,3)6-8-4-5-9-6/h4-7H,1-3H3;1,5H2,2-4H3,(H,9,11);2*6H,1H2,2-4H3,(H,9,10);2*1,5H2,2-4H3;1-4H3;3*4-5H,1-3H3. The molecule has 3 N–H and O–H groups in total. The molecule has 103 heavy (non-hydrogen) atoms. The molecule has 0 radical (unpaired) electrons. The first-order valence-electron chi connectivity index (χ1n) is 34.4. The third-order valence-corrected chi connectivity index (χ3v) is 19.8. The van der Waals surface area contributed by atoms with Crippen molar-refractivity contribution >= 4 is 97.8 Å². The Bertz CT molecular complexity index is 3480. The number of hydrogen-bond donors (Lipinski definition) is 3. The lowest BCUT2D eigenvalue weighted by atomic mass is 9.88. The summed E-state index contributed by atoms with van der Waals surface area (Å²) in [6.07, 6.45) is 9.95. The number of amides is 4. The Labute approximate surface area is 639 Å². The van der Waals surface area contributed by atoms with E-state index < -0.39 is 6.10 Å². The zero-order chi connectivity index (χ0) is 79.5. The molecule has 10 heterocycles. The van der Waals surface area contributed by atoms with Crippen molar-refractivity contribution in [3.05, 3.63) is 154 Å². The van der Waals surface area contributed by atoms with Crippen LogP contribution >= 0.6 is 58.3 Å². The minimum atomic E-state index is -0.394. The van der Waals surface area contributed by atoms with Gasteiger partial charge in [0.1, 0.15) is 12.5 Å². The number of thioether (sulfide) groups is 1. The maximum atomic E-state index is 11.2. The van der Waals surface area contributed by atoms with E-state index in [2.05, 4.69) is 251 Å². The number of thiazole rings is 2. The second kappa shape index (κ2) is 38.1. The molecule has 0 saturated carbocycles. The van der Waals surface area contributed by atoms with Gasteiger partial charge < -0.3 is 33.5 Å². The molecule has 24 heteroatoms. The van der Waals surface area contributed by atoms with Gasteiger partial charge in [-0.3, -0.25) is 14.9 Å². The third kappa shape index (κ3) is 34.0. The lowest BCUT2D eigenvalue weighted by Gasteiger charge is -2.29. The van der Waals surface area contributed by atoms with Crippen LogP contribution in [0.3, 0.4) is 0 Å². The van der Waals surface area contributed by atoms with Crippen molar-refractivity contribution in [3.63, 3.8) is 0 Å². The van der Waals surface area contributed by atoms with E-state index in [1.807, 2.05) is 80.0 Å². The summed E-state index contributed by atoms with van der Waals surface area (Å²) in [5, 5.41) is 20.8. The molecule has 3 fully saturated rings. The van der Waals surface area contributed by atoms with Crippen molar-refractivity contribution in [3.8, 4) is 0 Å². The lowest BCUT2D eigenvalue weighted by molar-refractivity contribution is -0.127. The average Bonchev–Trinajstić information content (AvgIpc) is 1.70. The predicted molar refractivity (Wildman–Crippen MR) is 438 cm³/mol. The molecular formula is C79H124N12O7S5. The maximum absolute atomic E-state index is 11.2. The fourth-order valence-corrected chi connectivity index (χ4v) is 12.5. The molecular weight excluding hydrogens is 1390 g/mol. The number of nitrogens with one attached hydrogen (secondary N) is 3. The molecule has 2 atom stereocenters. The zero-order valence-corrected chi connectivity index (χ0v) is 72.1. The first-order chi connectivity index (χ1) is 46.6.